The van der Waals surface area contributed by atoms with Gasteiger partial charge in [-0.15, -0.1) is 0 Å². The first-order valence-electron chi connectivity index (χ1n) is 7.70. The highest BCUT2D eigenvalue weighted by Gasteiger charge is 2.27. The highest BCUT2D eigenvalue weighted by molar-refractivity contribution is 5.91. The molecule has 7 nitrogen and oxygen atoms in total. The normalized spacial score (nSPS) is 21.0. The lowest BCUT2D eigenvalue weighted by Crippen LogP contribution is -2.38. The molecule has 3 rings (SSSR count). The Kier molecular flexibility index (Phi) is 4.45. The second kappa shape index (κ2) is 6.68. The molecule has 2 heterocycles. The van der Waals surface area contributed by atoms with Gasteiger partial charge in [-0.2, -0.15) is 0 Å². The number of carbonyl (C=O) groups excluding carboxylic acids is 1. The Labute approximate surface area is 133 Å². The number of amides is 1. The lowest BCUT2D eigenvalue weighted by molar-refractivity contribution is -0.142. The summed E-state index contributed by atoms with van der Waals surface area (Å²) in [7, 11) is 0. The van der Waals surface area contributed by atoms with Crippen molar-refractivity contribution in [1.82, 2.24) is 14.9 Å². The van der Waals surface area contributed by atoms with Gasteiger partial charge >= 0.3 is 5.97 Å². The average molecular weight is 317 g/mol. The first-order valence-corrected chi connectivity index (χ1v) is 7.70. The van der Waals surface area contributed by atoms with Crippen molar-refractivity contribution in [2.75, 3.05) is 0 Å². The number of furan rings is 1. The van der Waals surface area contributed by atoms with Gasteiger partial charge in [0, 0.05) is 18.4 Å². The molecule has 0 atom stereocenters. The van der Waals surface area contributed by atoms with E-state index in [1.165, 1.54) is 0 Å². The molecule has 23 heavy (non-hydrogen) atoms. The van der Waals surface area contributed by atoms with Crippen molar-refractivity contribution in [3.05, 3.63) is 42.4 Å². The van der Waals surface area contributed by atoms with Crippen LogP contribution in [-0.2, 0) is 11.3 Å². The zero-order valence-corrected chi connectivity index (χ0v) is 12.6. The maximum absolute atomic E-state index is 12.2. The van der Waals surface area contributed by atoms with Crippen LogP contribution in [0.4, 0.5) is 0 Å². The maximum Gasteiger partial charge on any atom is 0.306 e. The number of carboxylic acids is 1. The Morgan fingerprint density at radius 3 is 2.74 bits per heavy atom. The van der Waals surface area contributed by atoms with Crippen molar-refractivity contribution in [2.45, 2.75) is 38.3 Å². The third-order valence-corrected chi connectivity index (χ3v) is 4.19. The molecular formula is C16H19N3O4. The smallest absolute Gasteiger partial charge is 0.306 e. The standard InChI is InChI=1S/C16H19N3O4/c20-15(18-12-3-1-11(2-4-12)16(21)22)14-6-5-13(23-14)9-19-8-7-17-10-19/h5-8,10-12H,1-4,9H2,(H,18,20)(H,21,22). The van der Waals surface area contributed by atoms with Gasteiger partial charge in [-0.05, 0) is 37.8 Å². The monoisotopic (exact) mass is 317 g/mol. The van der Waals surface area contributed by atoms with Gasteiger partial charge in [-0.1, -0.05) is 0 Å². The van der Waals surface area contributed by atoms with E-state index in [1.807, 2.05) is 10.8 Å². The number of carbonyl (C=O) groups is 2. The van der Waals surface area contributed by atoms with Gasteiger partial charge in [-0.25, -0.2) is 4.98 Å². The van der Waals surface area contributed by atoms with Gasteiger partial charge in [-0.3, -0.25) is 9.59 Å². The predicted octanol–water partition coefficient (Wildman–Crippen LogP) is 1.90. The highest BCUT2D eigenvalue weighted by atomic mass is 16.4. The van der Waals surface area contributed by atoms with Crippen LogP contribution in [0.15, 0.2) is 35.3 Å². The molecule has 122 valence electrons. The fraction of sp³-hybridized carbons (Fsp3) is 0.438. The van der Waals surface area contributed by atoms with E-state index < -0.39 is 5.97 Å². The average Bonchev–Trinajstić information content (AvgIpc) is 3.20. The van der Waals surface area contributed by atoms with Crippen molar-refractivity contribution in [3.8, 4) is 0 Å². The van der Waals surface area contributed by atoms with Crippen LogP contribution < -0.4 is 5.32 Å². The fourth-order valence-corrected chi connectivity index (χ4v) is 2.89. The number of nitrogens with zero attached hydrogens (tertiary/aromatic N) is 2. The third kappa shape index (κ3) is 3.80. The molecule has 0 spiro atoms. The van der Waals surface area contributed by atoms with E-state index in [4.69, 9.17) is 9.52 Å². The maximum atomic E-state index is 12.2. The van der Waals surface area contributed by atoms with Crippen LogP contribution in [0.1, 0.15) is 42.0 Å². The molecule has 7 heteroatoms. The molecule has 1 aliphatic carbocycles. The first-order chi connectivity index (χ1) is 11.1. The summed E-state index contributed by atoms with van der Waals surface area (Å²) in [6, 6.07) is 3.45. The molecule has 0 aromatic carbocycles. The highest BCUT2D eigenvalue weighted by Crippen LogP contribution is 2.24. The van der Waals surface area contributed by atoms with Gasteiger partial charge < -0.3 is 19.4 Å². The van der Waals surface area contributed by atoms with Gasteiger partial charge in [0.05, 0.1) is 18.8 Å². The summed E-state index contributed by atoms with van der Waals surface area (Å²) in [5.74, 6) is -0.317. The van der Waals surface area contributed by atoms with Crippen molar-refractivity contribution >= 4 is 11.9 Å². The summed E-state index contributed by atoms with van der Waals surface area (Å²) in [5, 5.41) is 11.9. The van der Waals surface area contributed by atoms with Crippen LogP contribution >= 0.6 is 0 Å². The van der Waals surface area contributed by atoms with E-state index in [0.29, 0.717) is 38.0 Å². The fourth-order valence-electron chi connectivity index (χ4n) is 2.89. The van der Waals surface area contributed by atoms with E-state index in [2.05, 4.69) is 10.3 Å². The van der Waals surface area contributed by atoms with Crippen LogP contribution in [0.2, 0.25) is 0 Å². The molecule has 0 radical (unpaired) electrons. The molecule has 2 aromatic rings. The Bertz CT molecular complexity index is 669. The van der Waals surface area contributed by atoms with Gasteiger partial charge in [0.1, 0.15) is 5.76 Å². The van der Waals surface area contributed by atoms with E-state index in [-0.39, 0.29) is 23.6 Å². The molecule has 1 saturated carbocycles. The number of imidazole rings is 1. The Balaban J connectivity index is 1.53. The minimum Gasteiger partial charge on any atom is -0.481 e. The summed E-state index contributed by atoms with van der Waals surface area (Å²) in [4.78, 5) is 27.1. The molecular weight excluding hydrogens is 298 g/mol. The van der Waals surface area contributed by atoms with Crippen LogP contribution in [0, 0.1) is 5.92 Å². The minimum atomic E-state index is -0.745. The van der Waals surface area contributed by atoms with Crippen molar-refractivity contribution < 1.29 is 19.1 Å². The Morgan fingerprint density at radius 1 is 1.30 bits per heavy atom. The van der Waals surface area contributed by atoms with Crippen LogP contribution in [0.5, 0.6) is 0 Å². The molecule has 1 fully saturated rings. The SMILES string of the molecule is O=C(NC1CCC(C(=O)O)CC1)c1ccc(Cn2ccnc2)o1. The first kappa shape index (κ1) is 15.3. The number of hydrogen-bond acceptors (Lipinski definition) is 4. The van der Waals surface area contributed by atoms with Crippen molar-refractivity contribution in [1.29, 1.82) is 0 Å². The molecule has 2 N–H and O–H groups in total. The Morgan fingerprint density at radius 2 is 2.09 bits per heavy atom. The molecule has 2 aromatic heterocycles. The van der Waals surface area contributed by atoms with E-state index in [0.717, 1.165) is 0 Å². The number of aromatic nitrogens is 2. The predicted molar refractivity (Wildman–Crippen MR) is 80.9 cm³/mol. The minimum absolute atomic E-state index is 0.0142. The molecule has 0 aliphatic heterocycles. The second-order valence-electron chi connectivity index (χ2n) is 5.86. The zero-order valence-electron chi connectivity index (χ0n) is 12.6. The van der Waals surface area contributed by atoms with E-state index in [9.17, 15) is 9.59 Å². The van der Waals surface area contributed by atoms with E-state index in [1.54, 1.807) is 24.7 Å². The molecule has 0 unspecified atom stereocenters. The summed E-state index contributed by atoms with van der Waals surface area (Å²) in [5.41, 5.74) is 0. The number of carboxylic acid groups (broad SMARTS) is 1. The number of rotatable bonds is 5. The van der Waals surface area contributed by atoms with Gasteiger partial charge in [0.2, 0.25) is 0 Å². The molecule has 0 saturated heterocycles. The molecule has 1 aliphatic rings. The summed E-state index contributed by atoms with van der Waals surface area (Å²) < 4.78 is 7.42. The lowest BCUT2D eigenvalue weighted by Gasteiger charge is -2.26. The van der Waals surface area contributed by atoms with Crippen LogP contribution in [-0.4, -0.2) is 32.6 Å². The zero-order chi connectivity index (χ0) is 16.2. The number of nitrogens with one attached hydrogen (secondary N) is 1. The largest absolute Gasteiger partial charge is 0.481 e. The number of hydrogen-bond donors (Lipinski definition) is 2. The molecule has 1 amide bonds. The third-order valence-electron chi connectivity index (χ3n) is 4.19. The summed E-state index contributed by atoms with van der Waals surface area (Å²) in [6.07, 6.45) is 7.77. The summed E-state index contributed by atoms with van der Waals surface area (Å²) in [6.45, 7) is 0.525. The van der Waals surface area contributed by atoms with Gasteiger partial charge in [0.15, 0.2) is 5.76 Å². The van der Waals surface area contributed by atoms with Crippen molar-refractivity contribution in [2.24, 2.45) is 5.92 Å². The quantitative estimate of drug-likeness (QED) is 0.877. The van der Waals surface area contributed by atoms with Crippen LogP contribution in [0.25, 0.3) is 0 Å². The van der Waals surface area contributed by atoms with Crippen molar-refractivity contribution in [3.63, 3.8) is 0 Å². The molecule has 0 bridgehead atoms. The van der Waals surface area contributed by atoms with Crippen LogP contribution in [0.3, 0.4) is 0 Å². The van der Waals surface area contributed by atoms with E-state index >= 15 is 0 Å². The Hall–Kier alpha value is -2.57. The van der Waals surface area contributed by atoms with Gasteiger partial charge in [0.25, 0.3) is 5.91 Å². The lowest BCUT2D eigenvalue weighted by atomic mass is 9.86. The second-order valence-corrected chi connectivity index (χ2v) is 5.86. The topological polar surface area (TPSA) is 97.4 Å². The number of aliphatic carboxylic acids is 1. The summed E-state index contributed by atoms with van der Waals surface area (Å²) >= 11 is 0.